The van der Waals surface area contributed by atoms with E-state index < -0.39 is 67.3 Å². The molecule has 0 spiro atoms. The fraction of sp³-hybridized carbons (Fsp3) is 0.818. The summed E-state index contributed by atoms with van der Waals surface area (Å²) >= 11 is 0. The Morgan fingerprint density at radius 3 is 1.43 bits per heavy atom. The highest BCUT2D eigenvalue weighted by Gasteiger charge is 2.50. The molecule has 1 fully saturated rings. The van der Waals surface area contributed by atoms with E-state index in [1.54, 1.807) is 0 Å². The molecule has 0 radical (unpaired) electrons. The molecule has 3 N–H and O–H groups in total. The second-order valence-corrected chi connectivity index (χ2v) is 18.5. The van der Waals surface area contributed by atoms with Crippen LogP contribution in [0.3, 0.4) is 0 Å². The van der Waals surface area contributed by atoms with Gasteiger partial charge in [0.25, 0.3) is 0 Å². The molecule has 0 aliphatic carbocycles. The predicted octanol–water partition coefficient (Wildman–Crippen LogP) is 12.9. The lowest BCUT2D eigenvalue weighted by molar-refractivity contribution is -0.301. The average molecular weight is 949 g/mol. The number of hydrogen-bond donors (Lipinski definition) is 3. The molecule has 0 amide bonds. The quantitative estimate of drug-likeness (QED) is 0.0228. The van der Waals surface area contributed by atoms with Crippen molar-refractivity contribution >= 4 is 23.9 Å². The van der Waals surface area contributed by atoms with Gasteiger partial charge in [-0.3, -0.25) is 14.4 Å². The fourth-order valence-corrected chi connectivity index (χ4v) is 8.09. The molecule has 67 heavy (non-hydrogen) atoms. The number of hydrogen-bond acceptors (Lipinski definition) is 11. The number of carbonyl (C=O) groups excluding carboxylic acids is 3. The second-order valence-electron chi connectivity index (χ2n) is 18.5. The molecule has 1 heterocycles. The van der Waals surface area contributed by atoms with Crippen molar-refractivity contribution in [3.05, 3.63) is 36.5 Å². The highest BCUT2D eigenvalue weighted by Crippen LogP contribution is 2.26. The van der Waals surface area contributed by atoms with Crippen molar-refractivity contribution in [2.75, 3.05) is 13.2 Å². The summed E-state index contributed by atoms with van der Waals surface area (Å²) in [5.41, 5.74) is 0. The number of carboxylic acid groups (broad SMARTS) is 1. The van der Waals surface area contributed by atoms with E-state index in [4.69, 9.17) is 23.7 Å². The lowest BCUT2D eigenvalue weighted by atomic mass is 9.98. The monoisotopic (exact) mass is 949 g/mol. The number of aliphatic carboxylic acids is 1. The van der Waals surface area contributed by atoms with E-state index in [-0.39, 0.29) is 25.9 Å². The fourth-order valence-electron chi connectivity index (χ4n) is 8.09. The van der Waals surface area contributed by atoms with Gasteiger partial charge >= 0.3 is 23.9 Å². The van der Waals surface area contributed by atoms with Crippen molar-refractivity contribution in [2.45, 2.75) is 276 Å². The van der Waals surface area contributed by atoms with Gasteiger partial charge in [0, 0.05) is 19.3 Å². The topological polar surface area (TPSA) is 175 Å². The Bertz CT molecular complexity index is 1310. The first-order valence-electron chi connectivity index (χ1n) is 27.0. The third kappa shape index (κ3) is 34.8. The summed E-state index contributed by atoms with van der Waals surface area (Å²) in [5.74, 6) is -3.14. The summed E-state index contributed by atoms with van der Waals surface area (Å²) in [6.07, 6.45) is 37.2. The van der Waals surface area contributed by atoms with Crippen LogP contribution in [0.4, 0.5) is 0 Å². The summed E-state index contributed by atoms with van der Waals surface area (Å²) in [7, 11) is 0. The Balaban J connectivity index is 2.70. The normalized spacial score (nSPS) is 19.1. The lowest BCUT2D eigenvalue weighted by Gasteiger charge is -2.40. The molecule has 0 aromatic carbocycles. The highest BCUT2D eigenvalue weighted by molar-refractivity contribution is 5.74. The van der Waals surface area contributed by atoms with E-state index in [2.05, 4.69) is 57.2 Å². The van der Waals surface area contributed by atoms with Gasteiger partial charge in [0.2, 0.25) is 0 Å². The zero-order chi connectivity index (χ0) is 49.0. The second kappa shape index (κ2) is 44.2. The van der Waals surface area contributed by atoms with Crippen LogP contribution in [0.1, 0.15) is 239 Å². The number of aliphatic hydroxyl groups is 2. The number of esters is 3. The maximum absolute atomic E-state index is 13.0. The van der Waals surface area contributed by atoms with Crippen LogP contribution < -0.4 is 0 Å². The Kier molecular flexibility index (Phi) is 40.8. The number of aliphatic hydroxyl groups excluding tert-OH is 2. The van der Waals surface area contributed by atoms with E-state index in [9.17, 15) is 34.5 Å². The molecule has 388 valence electrons. The number of allylic oxidation sites excluding steroid dienone is 6. The molecule has 1 rings (SSSR count). The highest BCUT2D eigenvalue weighted by atomic mass is 16.7. The van der Waals surface area contributed by atoms with E-state index in [0.29, 0.717) is 19.3 Å². The van der Waals surface area contributed by atoms with E-state index >= 15 is 0 Å². The van der Waals surface area contributed by atoms with Gasteiger partial charge in [-0.1, -0.05) is 205 Å². The molecule has 1 saturated heterocycles. The van der Waals surface area contributed by atoms with Crippen molar-refractivity contribution in [3.63, 3.8) is 0 Å². The molecule has 12 heteroatoms. The molecule has 6 unspecified atom stereocenters. The van der Waals surface area contributed by atoms with Crippen LogP contribution >= 0.6 is 0 Å². The first-order valence-corrected chi connectivity index (χ1v) is 27.0. The molecule has 1 aliphatic heterocycles. The van der Waals surface area contributed by atoms with Crippen LogP contribution in [-0.2, 0) is 42.9 Å². The summed E-state index contributed by atoms with van der Waals surface area (Å²) < 4.78 is 28.3. The van der Waals surface area contributed by atoms with Crippen molar-refractivity contribution in [1.82, 2.24) is 0 Å². The molecule has 1 aliphatic rings. The predicted molar refractivity (Wildman–Crippen MR) is 266 cm³/mol. The van der Waals surface area contributed by atoms with Gasteiger partial charge in [0.05, 0.1) is 6.61 Å². The maximum atomic E-state index is 13.0. The Morgan fingerprint density at radius 1 is 0.507 bits per heavy atom. The van der Waals surface area contributed by atoms with E-state index in [1.165, 1.54) is 103 Å². The largest absolute Gasteiger partial charge is 0.479 e. The van der Waals surface area contributed by atoms with Crippen LogP contribution in [0.15, 0.2) is 36.5 Å². The van der Waals surface area contributed by atoms with Crippen LogP contribution in [0, 0.1) is 0 Å². The first-order chi connectivity index (χ1) is 32.6. The standard InChI is InChI=1S/C55H96O12/c1-4-7-10-13-16-19-21-23-24-26-27-30-32-35-38-41-47(56)63-44-46(65-48(57)42-39-36-33-29-18-15-12-9-6-3)45-64-55-53(51(60)50(59)52(67-55)54(61)62)66-49(58)43-40-37-34-31-28-25-22-20-17-14-11-8-5-2/h8,11,17,20,25,28,46,50-53,55,59-60H,4-7,9-10,12-16,18-19,21-24,26-27,29-45H2,1-3H3,(H,61,62)/b11-8-,20-17-,28-25-. The van der Waals surface area contributed by atoms with Crippen LogP contribution in [0.25, 0.3) is 0 Å². The van der Waals surface area contributed by atoms with Gasteiger partial charge in [-0.15, -0.1) is 0 Å². The maximum Gasteiger partial charge on any atom is 0.335 e. The smallest absolute Gasteiger partial charge is 0.335 e. The van der Waals surface area contributed by atoms with Crippen LogP contribution in [-0.4, -0.2) is 89.2 Å². The van der Waals surface area contributed by atoms with Crippen molar-refractivity contribution < 1.29 is 58.2 Å². The van der Waals surface area contributed by atoms with Crippen molar-refractivity contribution in [1.29, 1.82) is 0 Å². The number of rotatable bonds is 45. The van der Waals surface area contributed by atoms with Gasteiger partial charge in [-0.2, -0.15) is 0 Å². The van der Waals surface area contributed by atoms with E-state index in [0.717, 1.165) is 77.0 Å². The summed E-state index contributed by atoms with van der Waals surface area (Å²) in [6.45, 7) is 5.83. The minimum Gasteiger partial charge on any atom is -0.479 e. The SMILES string of the molecule is CC/C=C\C/C=C\C/C=C\CCCCCC(=O)OC1C(OCC(COC(=O)CCCCCCCCCCCCCCCCC)OC(=O)CCCCCCCCCCC)OC(C(=O)O)C(O)C1O. The molecule has 0 aromatic rings. The van der Waals surface area contributed by atoms with Gasteiger partial charge in [-0.05, 0) is 51.4 Å². The minimum absolute atomic E-state index is 0.0283. The zero-order valence-electron chi connectivity index (χ0n) is 42.4. The molecule has 0 aromatic heterocycles. The third-order valence-corrected chi connectivity index (χ3v) is 12.2. The van der Waals surface area contributed by atoms with Crippen LogP contribution in [0.5, 0.6) is 0 Å². The first kappa shape index (κ1) is 62.0. The number of unbranched alkanes of at least 4 members (excludes halogenated alkanes) is 25. The number of carboxylic acids is 1. The average Bonchev–Trinajstić information content (AvgIpc) is 3.31. The molecule has 0 saturated carbocycles. The Hall–Kier alpha value is -3.06. The van der Waals surface area contributed by atoms with Crippen LogP contribution in [0.2, 0.25) is 0 Å². The molecule has 0 bridgehead atoms. The van der Waals surface area contributed by atoms with Gasteiger partial charge < -0.3 is 39.0 Å². The Labute approximate surface area is 406 Å². The summed E-state index contributed by atoms with van der Waals surface area (Å²) in [4.78, 5) is 50.8. The molecular weight excluding hydrogens is 853 g/mol. The molecular formula is C55H96O12. The summed E-state index contributed by atoms with van der Waals surface area (Å²) in [5, 5.41) is 31.3. The molecule has 12 nitrogen and oxygen atoms in total. The van der Waals surface area contributed by atoms with Gasteiger partial charge in [-0.25, -0.2) is 4.79 Å². The Morgan fingerprint density at radius 2 is 0.940 bits per heavy atom. The molecule has 6 atom stereocenters. The zero-order valence-corrected chi connectivity index (χ0v) is 42.4. The third-order valence-electron chi connectivity index (χ3n) is 12.2. The van der Waals surface area contributed by atoms with E-state index in [1.807, 2.05) is 0 Å². The number of ether oxygens (including phenoxy) is 5. The van der Waals surface area contributed by atoms with Crippen molar-refractivity contribution in [2.24, 2.45) is 0 Å². The lowest BCUT2D eigenvalue weighted by Crippen LogP contribution is -2.61. The van der Waals surface area contributed by atoms with Gasteiger partial charge in [0.1, 0.15) is 18.8 Å². The minimum atomic E-state index is -1.91. The number of carbonyl (C=O) groups is 4. The van der Waals surface area contributed by atoms with Gasteiger partial charge in [0.15, 0.2) is 24.6 Å². The summed E-state index contributed by atoms with van der Waals surface area (Å²) in [6, 6.07) is 0. The van der Waals surface area contributed by atoms with Crippen molar-refractivity contribution in [3.8, 4) is 0 Å².